The lowest BCUT2D eigenvalue weighted by Crippen LogP contribution is -2.49. The van der Waals surface area contributed by atoms with E-state index in [0.29, 0.717) is 42.5 Å². The molecule has 1 amide bonds. The maximum atomic E-state index is 13.3. The molecule has 0 saturated carbocycles. The Hall–Kier alpha value is -2.29. The topological polar surface area (TPSA) is 76.7 Å². The van der Waals surface area contributed by atoms with E-state index in [0.717, 1.165) is 11.1 Å². The van der Waals surface area contributed by atoms with Crippen molar-refractivity contribution in [3.05, 3.63) is 52.2 Å². The first kappa shape index (κ1) is 21.4. The van der Waals surface area contributed by atoms with Gasteiger partial charge in [-0.3, -0.25) is 10.1 Å². The lowest BCUT2D eigenvalue weighted by atomic mass is 9.82. The third kappa shape index (κ3) is 5.20. The minimum absolute atomic E-state index is 0.0864. The number of carbonyl (C=O) groups excluding carboxylic acids is 2. The lowest BCUT2D eigenvalue weighted by Gasteiger charge is -2.38. The molecule has 2 aromatic rings. The first-order valence-electron chi connectivity index (χ1n) is 9.60. The van der Waals surface area contributed by atoms with Gasteiger partial charge >= 0.3 is 5.97 Å². The molecule has 0 unspecified atom stereocenters. The van der Waals surface area contributed by atoms with Gasteiger partial charge < -0.3 is 14.8 Å². The molecule has 0 bridgehead atoms. The van der Waals surface area contributed by atoms with Crippen LogP contribution in [0.5, 0.6) is 0 Å². The van der Waals surface area contributed by atoms with Crippen molar-refractivity contribution >= 4 is 28.2 Å². The van der Waals surface area contributed by atoms with E-state index in [4.69, 9.17) is 9.47 Å². The molecule has 1 aliphatic rings. The van der Waals surface area contributed by atoms with E-state index in [9.17, 15) is 14.0 Å². The number of nitrogens with one attached hydrogen (secondary N) is 2. The molecule has 1 aliphatic heterocycles. The summed E-state index contributed by atoms with van der Waals surface area (Å²) in [5.41, 5.74) is 1.26. The predicted molar refractivity (Wildman–Crippen MR) is 110 cm³/mol. The number of halogens is 1. The van der Waals surface area contributed by atoms with E-state index < -0.39 is 5.54 Å². The van der Waals surface area contributed by atoms with E-state index >= 15 is 0 Å². The normalized spacial score (nSPS) is 15.7. The number of amides is 1. The van der Waals surface area contributed by atoms with Crippen molar-refractivity contribution in [1.29, 1.82) is 0 Å². The number of anilines is 1. The van der Waals surface area contributed by atoms with E-state index in [2.05, 4.69) is 10.6 Å². The summed E-state index contributed by atoms with van der Waals surface area (Å²) in [5.74, 6) is -0.889. The lowest BCUT2D eigenvalue weighted by molar-refractivity contribution is -0.116. The highest BCUT2D eigenvalue weighted by molar-refractivity contribution is 7.18. The Kier molecular flexibility index (Phi) is 7.00. The van der Waals surface area contributed by atoms with Gasteiger partial charge in [0.1, 0.15) is 10.7 Å². The van der Waals surface area contributed by atoms with Gasteiger partial charge in [0.2, 0.25) is 5.91 Å². The quantitative estimate of drug-likeness (QED) is 0.670. The molecule has 3 rings (SSSR count). The third-order valence-corrected chi connectivity index (χ3v) is 6.10. The summed E-state index contributed by atoms with van der Waals surface area (Å²) in [6, 6.07) is 8.12. The van der Waals surface area contributed by atoms with E-state index in [1.165, 1.54) is 23.5 Å². The molecule has 8 heteroatoms. The summed E-state index contributed by atoms with van der Waals surface area (Å²) in [6.45, 7) is 5.09. The molecule has 1 aromatic carbocycles. The van der Waals surface area contributed by atoms with Crippen molar-refractivity contribution in [2.75, 3.05) is 31.7 Å². The van der Waals surface area contributed by atoms with E-state index in [-0.39, 0.29) is 24.2 Å². The second-order valence-electron chi connectivity index (χ2n) is 6.95. The van der Waals surface area contributed by atoms with Gasteiger partial charge in [0.05, 0.1) is 18.2 Å². The van der Waals surface area contributed by atoms with Gasteiger partial charge in [-0.25, -0.2) is 9.18 Å². The number of rotatable bonds is 7. The summed E-state index contributed by atoms with van der Waals surface area (Å²) in [7, 11) is 0. The fraction of sp³-hybridized carbons (Fsp3) is 0.429. The van der Waals surface area contributed by atoms with Gasteiger partial charge in [0, 0.05) is 18.8 Å². The Morgan fingerprint density at radius 3 is 2.59 bits per heavy atom. The second kappa shape index (κ2) is 9.47. The van der Waals surface area contributed by atoms with Crippen LogP contribution in [0.4, 0.5) is 9.39 Å². The van der Waals surface area contributed by atoms with Crippen molar-refractivity contribution in [3.8, 4) is 0 Å². The SMILES string of the molecule is CCOC(=O)c1sc(NC(=O)CNC2(c3ccc(F)cc3)CCOCC2)cc1C. The molecule has 1 aromatic heterocycles. The fourth-order valence-corrected chi connectivity index (χ4v) is 4.41. The number of aryl methyl sites for hydroxylation is 1. The predicted octanol–water partition coefficient (Wildman–Crippen LogP) is 3.61. The van der Waals surface area contributed by atoms with Gasteiger partial charge in [-0.05, 0) is 56.0 Å². The van der Waals surface area contributed by atoms with Crippen LogP contribution in [-0.4, -0.2) is 38.2 Å². The van der Waals surface area contributed by atoms with Gasteiger partial charge in [0.25, 0.3) is 0 Å². The summed E-state index contributed by atoms with van der Waals surface area (Å²) in [5, 5.41) is 6.79. The van der Waals surface area contributed by atoms with Gasteiger partial charge in [-0.1, -0.05) is 12.1 Å². The maximum Gasteiger partial charge on any atom is 0.348 e. The van der Waals surface area contributed by atoms with Crippen LogP contribution >= 0.6 is 11.3 Å². The summed E-state index contributed by atoms with van der Waals surface area (Å²) in [6.07, 6.45) is 1.38. The van der Waals surface area contributed by atoms with Crippen molar-refractivity contribution in [2.45, 2.75) is 32.2 Å². The van der Waals surface area contributed by atoms with E-state index in [1.807, 2.05) is 6.92 Å². The molecule has 1 fully saturated rings. The van der Waals surface area contributed by atoms with Crippen LogP contribution in [0.2, 0.25) is 0 Å². The number of hydrogen-bond donors (Lipinski definition) is 2. The Labute approximate surface area is 173 Å². The molecule has 1 saturated heterocycles. The van der Waals surface area contributed by atoms with E-state index in [1.54, 1.807) is 25.1 Å². The highest BCUT2D eigenvalue weighted by atomic mass is 32.1. The first-order chi connectivity index (χ1) is 13.9. The number of hydrogen-bond acceptors (Lipinski definition) is 6. The zero-order chi connectivity index (χ0) is 20.9. The molecule has 6 nitrogen and oxygen atoms in total. The molecule has 29 heavy (non-hydrogen) atoms. The Morgan fingerprint density at radius 1 is 1.24 bits per heavy atom. The van der Waals surface area contributed by atoms with Crippen LogP contribution in [0, 0.1) is 12.7 Å². The minimum atomic E-state index is -0.440. The highest BCUT2D eigenvalue weighted by Gasteiger charge is 2.34. The highest BCUT2D eigenvalue weighted by Crippen LogP contribution is 2.32. The second-order valence-corrected chi connectivity index (χ2v) is 8.00. The summed E-state index contributed by atoms with van der Waals surface area (Å²) in [4.78, 5) is 25.0. The van der Waals surface area contributed by atoms with Crippen LogP contribution < -0.4 is 10.6 Å². The molecule has 2 N–H and O–H groups in total. The van der Waals surface area contributed by atoms with Crippen molar-refractivity contribution in [3.63, 3.8) is 0 Å². The van der Waals surface area contributed by atoms with Crippen molar-refractivity contribution < 1.29 is 23.5 Å². The van der Waals surface area contributed by atoms with Crippen LogP contribution in [0.15, 0.2) is 30.3 Å². The molecule has 2 heterocycles. The smallest absolute Gasteiger partial charge is 0.348 e. The minimum Gasteiger partial charge on any atom is -0.462 e. The largest absolute Gasteiger partial charge is 0.462 e. The van der Waals surface area contributed by atoms with Crippen molar-refractivity contribution in [1.82, 2.24) is 5.32 Å². The van der Waals surface area contributed by atoms with Crippen LogP contribution in [0.3, 0.4) is 0 Å². The van der Waals surface area contributed by atoms with Crippen LogP contribution in [0.25, 0.3) is 0 Å². The van der Waals surface area contributed by atoms with Gasteiger partial charge in [0.15, 0.2) is 0 Å². The Bertz CT molecular complexity index is 860. The third-order valence-electron chi connectivity index (χ3n) is 4.97. The zero-order valence-corrected chi connectivity index (χ0v) is 17.4. The molecule has 0 aliphatic carbocycles. The molecular weight excluding hydrogens is 395 g/mol. The molecule has 0 spiro atoms. The van der Waals surface area contributed by atoms with Gasteiger partial charge in [-0.2, -0.15) is 0 Å². The van der Waals surface area contributed by atoms with Crippen molar-refractivity contribution in [2.24, 2.45) is 0 Å². The standard InChI is InChI=1S/C21H25FN2O4S/c1-3-28-20(26)19-14(2)12-18(29-19)24-17(25)13-23-21(8-10-27-11-9-21)15-4-6-16(22)7-5-15/h4-7,12,23H,3,8-11,13H2,1-2H3,(H,24,25). The Morgan fingerprint density at radius 2 is 1.93 bits per heavy atom. The first-order valence-corrected chi connectivity index (χ1v) is 10.4. The Balaban J connectivity index is 1.66. The number of carbonyl (C=O) groups is 2. The average molecular weight is 421 g/mol. The fourth-order valence-electron chi connectivity index (χ4n) is 3.43. The number of thiophene rings is 1. The summed E-state index contributed by atoms with van der Waals surface area (Å²) < 4.78 is 23.8. The summed E-state index contributed by atoms with van der Waals surface area (Å²) >= 11 is 1.20. The van der Waals surface area contributed by atoms with Crippen LogP contribution in [0.1, 0.15) is 40.6 Å². The van der Waals surface area contributed by atoms with Crippen LogP contribution in [-0.2, 0) is 19.8 Å². The molecule has 0 atom stereocenters. The number of benzene rings is 1. The number of esters is 1. The number of ether oxygens (including phenoxy) is 2. The molecule has 156 valence electrons. The zero-order valence-electron chi connectivity index (χ0n) is 16.5. The maximum absolute atomic E-state index is 13.3. The molecular formula is C21H25FN2O4S. The average Bonchev–Trinajstić information content (AvgIpc) is 3.08. The monoisotopic (exact) mass is 420 g/mol. The molecule has 0 radical (unpaired) electrons. The van der Waals surface area contributed by atoms with Gasteiger partial charge in [-0.15, -0.1) is 11.3 Å².